The Morgan fingerprint density at radius 1 is 0.926 bits per heavy atom. The van der Waals surface area contributed by atoms with Crippen molar-refractivity contribution < 1.29 is 0 Å². The Balaban J connectivity index is 1.51. The third kappa shape index (κ3) is 5.43. The first-order valence-electron chi connectivity index (χ1n) is 9.99. The van der Waals surface area contributed by atoms with Gasteiger partial charge in [-0.3, -0.25) is 9.91 Å². The van der Waals surface area contributed by atoms with E-state index in [4.69, 9.17) is 5.10 Å². The SMILES string of the molecule is Cc1ccc(CN2CCN(/N=C\c3ccc(C(C)(C)C)cc3)CC2)c(C)c1. The largest absolute Gasteiger partial charge is 0.295 e. The summed E-state index contributed by atoms with van der Waals surface area (Å²) in [6.07, 6.45) is 1.99. The summed E-state index contributed by atoms with van der Waals surface area (Å²) in [7, 11) is 0. The van der Waals surface area contributed by atoms with Crippen LogP contribution in [0.5, 0.6) is 0 Å². The maximum Gasteiger partial charge on any atom is 0.0542 e. The molecule has 1 fully saturated rings. The van der Waals surface area contributed by atoms with Gasteiger partial charge in [-0.15, -0.1) is 0 Å². The lowest BCUT2D eigenvalue weighted by Crippen LogP contribution is -2.43. The minimum Gasteiger partial charge on any atom is -0.295 e. The van der Waals surface area contributed by atoms with Crippen molar-refractivity contribution in [2.75, 3.05) is 26.2 Å². The minimum atomic E-state index is 0.196. The standard InChI is InChI=1S/C24H33N3/c1-19-6-9-22(20(2)16-19)18-26-12-14-27(15-13-26)25-17-21-7-10-23(11-8-21)24(3,4)5/h6-11,16-17H,12-15,18H2,1-5H3/b25-17-. The lowest BCUT2D eigenvalue weighted by Gasteiger charge is -2.33. The zero-order valence-corrected chi connectivity index (χ0v) is 17.5. The minimum absolute atomic E-state index is 0.196. The van der Waals surface area contributed by atoms with Crippen LogP contribution in [0.4, 0.5) is 0 Å². The molecule has 3 rings (SSSR count). The average molecular weight is 364 g/mol. The van der Waals surface area contributed by atoms with Crippen LogP contribution in [0.15, 0.2) is 47.6 Å². The predicted molar refractivity (Wildman–Crippen MR) is 116 cm³/mol. The molecule has 1 heterocycles. The first-order valence-corrected chi connectivity index (χ1v) is 9.99. The quantitative estimate of drug-likeness (QED) is 0.730. The molecule has 0 spiro atoms. The molecule has 1 aliphatic rings. The van der Waals surface area contributed by atoms with E-state index in [9.17, 15) is 0 Å². The van der Waals surface area contributed by atoms with Crippen LogP contribution < -0.4 is 0 Å². The van der Waals surface area contributed by atoms with Gasteiger partial charge in [0, 0.05) is 32.7 Å². The van der Waals surface area contributed by atoms with Crippen molar-refractivity contribution in [2.45, 2.75) is 46.6 Å². The van der Waals surface area contributed by atoms with Crippen LogP contribution >= 0.6 is 0 Å². The number of hydrazone groups is 1. The fourth-order valence-electron chi connectivity index (χ4n) is 3.49. The highest BCUT2D eigenvalue weighted by atomic mass is 15.5. The number of hydrogen-bond acceptors (Lipinski definition) is 3. The van der Waals surface area contributed by atoms with E-state index in [1.54, 1.807) is 0 Å². The van der Waals surface area contributed by atoms with Crippen LogP contribution in [0, 0.1) is 13.8 Å². The molecule has 0 aromatic heterocycles. The van der Waals surface area contributed by atoms with E-state index in [0.29, 0.717) is 0 Å². The highest BCUT2D eigenvalue weighted by Gasteiger charge is 2.16. The lowest BCUT2D eigenvalue weighted by atomic mass is 9.87. The number of aryl methyl sites for hydroxylation is 2. The smallest absolute Gasteiger partial charge is 0.0542 e. The van der Waals surface area contributed by atoms with E-state index < -0.39 is 0 Å². The van der Waals surface area contributed by atoms with Gasteiger partial charge >= 0.3 is 0 Å². The van der Waals surface area contributed by atoms with Gasteiger partial charge < -0.3 is 0 Å². The Bertz CT molecular complexity index is 776. The normalized spacial score (nSPS) is 16.3. The highest BCUT2D eigenvalue weighted by Crippen LogP contribution is 2.22. The summed E-state index contributed by atoms with van der Waals surface area (Å²) in [6.45, 7) is 16.2. The fourth-order valence-corrected chi connectivity index (χ4v) is 3.49. The molecule has 1 saturated heterocycles. The monoisotopic (exact) mass is 363 g/mol. The van der Waals surface area contributed by atoms with Crippen molar-refractivity contribution in [3.05, 3.63) is 70.3 Å². The van der Waals surface area contributed by atoms with Gasteiger partial charge in [0.15, 0.2) is 0 Å². The van der Waals surface area contributed by atoms with Gasteiger partial charge in [0.1, 0.15) is 0 Å². The van der Waals surface area contributed by atoms with Gasteiger partial charge in [0.25, 0.3) is 0 Å². The van der Waals surface area contributed by atoms with Crippen molar-refractivity contribution in [3.63, 3.8) is 0 Å². The van der Waals surface area contributed by atoms with E-state index in [2.05, 4.69) is 87.0 Å². The second-order valence-electron chi connectivity index (χ2n) is 8.78. The zero-order chi connectivity index (χ0) is 19.4. The van der Waals surface area contributed by atoms with Crippen molar-refractivity contribution in [1.82, 2.24) is 9.91 Å². The van der Waals surface area contributed by atoms with Gasteiger partial charge in [-0.25, -0.2) is 0 Å². The maximum atomic E-state index is 4.70. The number of benzene rings is 2. The molecule has 2 aromatic rings. The molecular formula is C24H33N3. The fraction of sp³-hybridized carbons (Fsp3) is 0.458. The van der Waals surface area contributed by atoms with E-state index in [1.165, 1.54) is 27.8 Å². The molecule has 27 heavy (non-hydrogen) atoms. The summed E-state index contributed by atoms with van der Waals surface area (Å²) in [5, 5.41) is 6.89. The average Bonchev–Trinajstić information content (AvgIpc) is 2.63. The van der Waals surface area contributed by atoms with E-state index in [-0.39, 0.29) is 5.41 Å². The van der Waals surface area contributed by atoms with Crippen molar-refractivity contribution in [3.8, 4) is 0 Å². The Labute approximate surface area is 164 Å². The molecule has 0 aliphatic carbocycles. The second-order valence-corrected chi connectivity index (χ2v) is 8.78. The van der Waals surface area contributed by atoms with Crippen LogP contribution in [-0.4, -0.2) is 42.3 Å². The van der Waals surface area contributed by atoms with Crippen LogP contribution in [-0.2, 0) is 12.0 Å². The lowest BCUT2D eigenvalue weighted by molar-refractivity contribution is 0.131. The van der Waals surface area contributed by atoms with Gasteiger partial charge in [-0.2, -0.15) is 5.10 Å². The first-order chi connectivity index (χ1) is 12.8. The molecule has 0 amide bonds. The van der Waals surface area contributed by atoms with Crippen LogP contribution in [0.1, 0.15) is 48.6 Å². The number of piperazine rings is 1. The number of hydrogen-bond donors (Lipinski definition) is 0. The van der Waals surface area contributed by atoms with Crippen LogP contribution in [0.2, 0.25) is 0 Å². The summed E-state index contributed by atoms with van der Waals surface area (Å²) in [6, 6.07) is 15.5. The molecule has 0 N–H and O–H groups in total. The summed E-state index contributed by atoms with van der Waals surface area (Å²) in [5.41, 5.74) is 6.90. The van der Waals surface area contributed by atoms with E-state index in [1.807, 2.05) is 6.21 Å². The predicted octanol–water partition coefficient (Wildman–Crippen LogP) is 4.75. The molecular weight excluding hydrogens is 330 g/mol. The van der Waals surface area contributed by atoms with Gasteiger partial charge in [0.05, 0.1) is 6.21 Å². The Morgan fingerprint density at radius 2 is 1.59 bits per heavy atom. The third-order valence-electron chi connectivity index (χ3n) is 5.39. The van der Waals surface area contributed by atoms with Crippen molar-refractivity contribution in [2.24, 2.45) is 5.10 Å². The molecule has 144 valence electrons. The van der Waals surface area contributed by atoms with Gasteiger partial charge in [-0.1, -0.05) is 68.8 Å². The first kappa shape index (κ1) is 19.6. The molecule has 0 saturated carbocycles. The van der Waals surface area contributed by atoms with Crippen LogP contribution in [0.25, 0.3) is 0 Å². The topological polar surface area (TPSA) is 18.8 Å². The van der Waals surface area contributed by atoms with Crippen molar-refractivity contribution >= 4 is 6.21 Å². The second kappa shape index (κ2) is 8.26. The molecule has 0 atom stereocenters. The molecule has 3 nitrogen and oxygen atoms in total. The summed E-state index contributed by atoms with van der Waals surface area (Å²) >= 11 is 0. The summed E-state index contributed by atoms with van der Waals surface area (Å²) < 4.78 is 0. The molecule has 2 aromatic carbocycles. The number of nitrogens with zero attached hydrogens (tertiary/aromatic N) is 3. The molecule has 0 bridgehead atoms. The summed E-state index contributed by atoms with van der Waals surface area (Å²) in [5.74, 6) is 0. The third-order valence-corrected chi connectivity index (χ3v) is 5.39. The molecule has 0 radical (unpaired) electrons. The van der Waals surface area contributed by atoms with Crippen LogP contribution in [0.3, 0.4) is 0 Å². The molecule has 1 aliphatic heterocycles. The van der Waals surface area contributed by atoms with E-state index >= 15 is 0 Å². The van der Waals surface area contributed by atoms with Gasteiger partial charge in [-0.05, 0) is 41.5 Å². The Kier molecular flexibility index (Phi) is 6.01. The molecule has 0 unspecified atom stereocenters. The maximum absolute atomic E-state index is 4.70. The zero-order valence-electron chi connectivity index (χ0n) is 17.5. The van der Waals surface area contributed by atoms with Crippen molar-refractivity contribution in [1.29, 1.82) is 0 Å². The highest BCUT2D eigenvalue weighted by molar-refractivity contribution is 5.79. The van der Waals surface area contributed by atoms with Gasteiger partial charge in [0.2, 0.25) is 0 Å². The summed E-state index contributed by atoms with van der Waals surface area (Å²) in [4.78, 5) is 2.53. The molecule has 3 heteroatoms. The number of rotatable bonds is 4. The Morgan fingerprint density at radius 3 is 2.19 bits per heavy atom. The van der Waals surface area contributed by atoms with E-state index in [0.717, 1.165) is 32.7 Å². The Hall–Kier alpha value is -2.13.